The van der Waals surface area contributed by atoms with Gasteiger partial charge in [-0.2, -0.15) is 0 Å². The van der Waals surface area contributed by atoms with E-state index in [4.69, 9.17) is 0 Å². The van der Waals surface area contributed by atoms with Crippen molar-refractivity contribution in [3.63, 3.8) is 0 Å². The lowest BCUT2D eigenvalue weighted by molar-refractivity contribution is 0.0935. The van der Waals surface area contributed by atoms with E-state index in [9.17, 15) is 0 Å². The van der Waals surface area contributed by atoms with E-state index in [2.05, 4.69) is 25.3 Å². The Hall–Kier alpha value is -0.720. The Labute approximate surface area is 119 Å². The molecule has 0 amide bonds. The molecule has 1 aromatic heterocycles. The van der Waals surface area contributed by atoms with Crippen molar-refractivity contribution in [2.45, 2.75) is 38.3 Å². The highest BCUT2D eigenvalue weighted by Crippen LogP contribution is 2.25. The van der Waals surface area contributed by atoms with E-state index in [-0.39, 0.29) is 0 Å². The molecule has 1 aliphatic heterocycles. The van der Waals surface area contributed by atoms with E-state index in [1.165, 1.54) is 51.9 Å². The van der Waals surface area contributed by atoms with E-state index in [1.807, 2.05) is 7.05 Å². The molecule has 19 heavy (non-hydrogen) atoms. The maximum atomic E-state index is 4.23. The second-order valence-corrected chi connectivity index (χ2v) is 6.56. The van der Waals surface area contributed by atoms with E-state index >= 15 is 0 Å². The van der Waals surface area contributed by atoms with Crippen LogP contribution in [-0.4, -0.2) is 59.3 Å². The molecule has 1 saturated carbocycles. The first kappa shape index (κ1) is 13.3. The van der Waals surface area contributed by atoms with Crippen LogP contribution in [0.4, 0.5) is 5.13 Å². The fraction of sp³-hybridized carbons (Fsp3) is 0.846. The fourth-order valence-electron chi connectivity index (χ4n) is 3.17. The van der Waals surface area contributed by atoms with Crippen LogP contribution in [0.15, 0.2) is 0 Å². The molecule has 1 aromatic rings. The fourth-order valence-corrected chi connectivity index (χ4v) is 3.90. The third kappa shape index (κ3) is 3.24. The molecule has 1 saturated heterocycles. The lowest BCUT2D eigenvalue weighted by atomic mass is 10.2. The second kappa shape index (κ2) is 6.15. The highest BCUT2D eigenvalue weighted by atomic mass is 32.1. The molecule has 5 nitrogen and oxygen atoms in total. The average molecular weight is 281 g/mol. The summed E-state index contributed by atoms with van der Waals surface area (Å²) in [5, 5.41) is 13.4. The molecule has 106 valence electrons. The number of anilines is 1. The van der Waals surface area contributed by atoms with Gasteiger partial charge in [0.1, 0.15) is 5.01 Å². The first-order valence-electron chi connectivity index (χ1n) is 7.31. The Kier molecular flexibility index (Phi) is 4.30. The van der Waals surface area contributed by atoms with Crippen molar-refractivity contribution in [2.24, 2.45) is 0 Å². The van der Waals surface area contributed by atoms with Crippen LogP contribution in [0.25, 0.3) is 0 Å². The molecule has 1 N–H and O–H groups in total. The van der Waals surface area contributed by atoms with Crippen LogP contribution in [0.3, 0.4) is 0 Å². The van der Waals surface area contributed by atoms with Crippen LogP contribution >= 0.6 is 11.3 Å². The van der Waals surface area contributed by atoms with Crippen LogP contribution in [0.1, 0.15) is 30.7 Å². The molecule has 0 radical (unpaired) electrons. The Morgan fingerprint density at radius 1 is 1.16 bits per heavy atom. The van der Waals surface area contributed by atoms with Gasteiger partial charge in [-0.3, -0.25) is 9.80 Å². The molecule has 2 aliphatic rings. The molecule has 0 spiro atoms. The predicted octanol–water partition coefficient (Wildman–Crippen LogP) is 1.64. The molecule has 6 heteroatoms. The number of hydrogen-bond acceptors (Lipinski definition) is 6. The van der Waals surface area contributed by atoms with Crippen LogP contribution in [-0.2, 0) is 6.54 Å². The van der Waals surface area contributed by atoms with Crippen LogP contribution in [0.5, 0.6) is 0 Å². The van der Waals surface area contributed by atoms with Gasteiger partial charge in [0.25, 0.3) is 0 Å². The van der Waals surface area contributed by atoms with Gasteiger partial charge in [-0.1, -0.05) is 24.2 Å². The molecule has 3 rings (SSSR count). The van der Waals surface area contributed by atoms with Gasteiger partial charge in [-0.25, -0.2) is 0 Å². The van der Waals surface area contributed by atoms with Crippen LogP contribution < -0.4 is 5.32 Å². The number of nitrogens with one attached hydrogen (secondary N) is 1. The summed E-state index contributed by atoms with van der Waals surface area (Å²) in [7, 11) is 1.89. The van der Waals surface area contributed by atoms with Gasteiger partial charge in [0, 0.05) is 39.3 Å². The molecule has 0 unspecified atom stereocenters. The van der Waals surface area contributed by atoms with Crippen molar-refractivity contribution >= 4 is 16.5 Å². The minimum Gasteiger partial charge on any atom is -0.363 e. The number of hydrogen-bond donors (Lipinski definition) is 1. The van der Waals surface area contributed by atoms with Gasteiger partial charge in [0.15, 0.2) is 0 Å². The van der Waals surface area contributed by atoms with Gasteiger partial charge in [-0.05, 0) is 12.8 Å². The number of nitrogens with zero attached hydrogens (tertiary/aromatic N) is 4. The van der Waals surface area contributed by atoms with Crippen LogP contribution in [0.2, 0.25) is 0 Å². The quantitative estimate of drug-likeness (QED) is 0.909. The molecule has 0 atom stereocenters. The summed E-state index contributed by atoms with van der Waals surface area (Å²) < 4.78 is 0. The topological polar surface area (TPSA) is 44.3 Å². The molecule has 0 bridgehead atoms. The van der Waals surface area contributed by atoms with Crippen molar-refractivity contribution in [3.8, 4) is 0 Å². The summed E-state index contributed by atoms with van der Waals surface area (Å²) in [6, 6.07) is 0.875. The normalized spacial score (nSPS) is 23.0. The predicted molar refractivity (Wildman–Crippen MR) is 78.6 cm³/mol. The van der Waals surface area contributed by atoms with E-state index in [1.54, 1.807) is 11.3 Å². The average Bonchev–Trinajstić information content (AvgIpc) is 3.10. The smallest absolute Gasteiger partial charge is 0.205 e. The Balaban J connectivity index is 1.47. The summed E-state index contributed by atoms with van der Waals surface area (Å²) in [5.74, 6) is 0. The Bertz CT molecular complexity index is 393. The zero-order valence-corrected chi connectivity index (χ0v) is 12.5. The summed E-state index contributed by atoms with van der Waals surface area (Å²) in [5.41, 5.74) is 0. The Morgan fingerprint density at radius 2 is 1.89 bits per heavy atom. The minimum absolute atomic E-state index is 0.875. The van der Waals surface area contributed by atoms with Crippen molar-refractivity contribution in [3.05, 3.63) is 5.01 Å². The largest absolute Gasteiger partial charge is 0.363 e. The molecule has 2 fully saturated rings. The summed E-state index contributed by atoms with van der Waals surface area (Å²) in [6.07, 6.45) is 5.70. The summed E-state index contributed by atoms with van der Waals surface area (Å²) in [6.45, 7) is 5.75. The Morgan fingerprint density at radius 3 is 2.53 bits per heavy atom. The zero-order valence-electron chi connectivity index (χ0n) is 11.6. The molecule has 0 aromatic carbocycles. The molecular formula is C13H23N5S. The van der Waals surface area contributed by atoms with Crippen molar-refractivity contribution in [1.82, 2.24) is 20.0 Å². The number of rotatable bonds is 4. The lowest BCUT2D eigenvalue weighted by Gasteiger charge is -2.37. The van der Waals surface area contributed by atoms with Crippen molar-refractivity contribution in [1.29, 1.82) is 0 Å². The number of piperazine rings is 1. The van der Waals surface area contributed by atoms with E-state index < -0.39 is 0 Å². The molecular weight excluding hydrogens is 258 g/mol. The zero-order chi connectivity index (χ0) is 13.1. The van der Waals surface area contributed by atoms with Gasteiger partial charge in [0.05, 0.1) is 6.54 Å². The van der Waals surface area contributed by atoms with Crippen molar-refractivity contribution < 1.29 is 0 Å². The maximum absolute atomic E-state index is 4.23. The van der Waals surface area contributed by atoms with Gasteiger partial charge in [-0.15, -0.1) is 10.2 Å². The van der Waals surface area contributed by atoms with E-state index in [0.717, 1.165) is 22.7 Å². The SMILES string of the molecule is CNc1nnc(CN2CCN(C3CCCC3)CC2)s1. The minimum atomic E-state index is 0.875. The van der Waals surface area contributed by atoms with E-state index in [0.29, 0.717) is 0 Å². The first-order chi connectivity index (χ1) is 9.35. The monoisotopic (exact) mass is 281 g/mol. The standard InChI is InChI=1S/C13H23N5S/c1-14-13-16-15-12(19-13)10-17-6-8-18(9-7-17)11-4-2-3-5-11/h11H,2-10H2,1H3,(H,14,16). The third-order valence-corrected chi connectivity index (χ3v) is 5.21. The van der Waals surface area contributed by atoms with Crippen molar-refractivity contribution in [2.75, 3.05) is 38.5 Å². The van der Waals surface area contributed by atoms with Gasteiger partial charge < -0.3 is 5.32 Å². The maximum Gasteiger partial charge on any atom is 0.205 e. The summed E-state index contributed by atoms with van der Waals surface area (Å²) >= 11 is 1.66. The first-order valence-corrected chi connectivity index (χ1v) is 8.13. The molecule has 2 heterocycles. The summed E-state index contributed by atoms with van der Waals surface area (Å²) in [4.78, 5) is 5.20. The second-order valence-electron chi connectivity index (χ2n) is 5.50. The number of aromatic nitrogens is 2. The highest BCUT2D eigenvalue weighted by molar-refractivity contribution is 7.15. The molecule has 1 aliphatic carbocycles. The third-order valence-electron chi connectivity index (χ3n) is 4.29. The lowest BCUT2D eigenvalue weighted by Crippen LogP contribution is -2.49. The van der Waals surface area contributed by atoms with Gasteiger partial charge >= 0.3 is 0 Å². The highest BCUT2D eigenvalue weighted by Gasteiger charge is 2.26. The van der Waals surface area contributed by atoms with Gasteiger partial charge in [0.2, 0.25) is 5.13 Å². The van der Waals surface area contributed by atoms with Crippen LogP contribution in [0, 0.1) is 0 Å².